The van der Waals surface area contributed by atoms with E-state index in [1.54, 1.807) is 0 Å². The summed E-state index contributed by atoms with van der Waals surface area (Å²) in [6.45, 7) is 2.34. The lowest BCUT2D eigenvalue weighted by Crippen LogP contribution is -2.54. The number of thioether (sulfide) groups is 2. The van der Waals surface area contributed by atoms with Crippen LogP contribution in [-0.2, 0) is 6.42 Å². The highest BCUT2D eigenvalue weighted by Gasteiger charge is 2.44. The van der Waals surface area contributed by atoms with E-state index in [9.17, 15) is 10.5 Å². The first kappa shape index (κ1) is 47.8. The highest BCUT2D eigenvalue weighted by Crippen LogP contribution is 2.50. The molecule has 0 atom stereocenters. The average molecular weight is 1030 g/mol. The molecule has 8 nitrogen and oxygen atoms in total. The van der Waals surface area contributed by atoms with Crippen LogP contribution in [0.15, 0.2) is 254 Å². The maximum atomic E-state index is 12.2. The summed E-state index contributed by atoms with van der Waals surface area (Å²) in [4.78, 5) is 17.5. The first-order valence-corrected chi connectivity index (χ1v) is 27.2. The number of benzene rings is 9. The summed E-state index contributed by atoms with van der Waals surface area (Å²) in [5.41, 5.74) is 11.8. The molecule has 4 aliphatic heterocycles. The maximum Gasteiger partial charge on any atom is 0.327 e. The standard InChI is InChI=1S/C65H45B2N6O2S2/c1-42-17-11-12-28-49(42)63-50(38-55(73(63)67(47-24-7-3-8-25-47)48-26-9-4-10-27-48)51(39-68)64-70-53-29-13-18-44-20-15-31-58(76-64)60(44)53)62(52(40-69)65-71-54-30-14-19-45-21-16-32-59(77-65)61(45)54)72(66-46-22-5-2-6-23-46)36-35-43-33-34-56-57(37-43)75-41-74-56/h2-34,37H,35-36,38,41H2,1H3/b55-51-,62-52-. The number of aryl methyl sites for hydroxylation is 1. The molecular formula is C65H45B2N6O2S2. The molecule has 0 aliphatic carbocycles. The van der Waals surface area contributed by atoms with Crippen LogP contribution < -0.4 is 25.9 Å². The van der Waals surface area contributed by atoms with E-state index in [1.807, 2.05) is 60.7 Å². The summed E-state index contributed by atoms with van der Waals surface area (Å²) in [6.07, 6.45) is 0.851. The lowest BCUT2D eigenvalue weighted by molar-refractivity contribution is 0.174. The molecule has 0 saturated heterocycles. The van der Waals surface area contributed by atoms with Gasteiger partial charge in [0, 0.05) is 56.1 Å². The van der Waals surface area contributed by atoms with Gasteiger partial charge in [0.2, 0.25) is 6.79 Å². The first-order valence-electron chi connectivity index (χ1n) is 25.6. The SMILES string of the molecule is Cc1ccccc1C1=C(/C(=C(\C#N)C2=Nc3cccc4cccc(c34)S2)N([B]c2ccccc2)CCc2ccc3c(c2)OCO3)C/C(=C(\C#N)C2=Nc3cccc4cccc(c34)S2)N1B(c1ccccc1)c1ccccc1. The van der Waals surface area contributed by atoms with Crippen LogP contribution in [0.1, 0.15) is 23.1 Å². The number of nitrogens with zero attached hydrogens (tertiary/aromatic N) is 6. The Morgan fingerprint density at radius 1 is 0.636 bits per heavy atom. The second kappa shape index (κ2) is 20.7. The van der Waals surface area contributed by atoms with Crippen molar-refractivity contribution in [1.82, 2.24) is 9.62 Å². The Bertz CT molecular complexity index is 4040. The van der Waals surface area contributed by atoms with Crippen molar-refractivity contribution in [2.75, 3.05) is 13.3 Å². The predicted molar refractivity (Wildman–Crippen MR) is 316 cm³/mol. The van der Waals surface area contributed by atoms with Gasteiger partial charge in [-0.3, -0.25) is 0 Å². The molecule has 4 aliphatic rings. The smallest absolute Gasteiger partial charge is 0.327 e. The Morgan fingerprint density at radius 2 is 1.22 bits per heavy atom. The molecule has 12 heteroatoms. The van der Waals surface area contributed by atoms with E-state index < -0.39 is 6.85 Å². The fourth-order valence-electron chi connectivity index (χ4n) is 11.0. The minimum atomic E-state index is -0.439. The molecule has 0 spiro atoms. The van der Waals surface area contributed by atoms with Crippen molar-refractivity contribution in [3.05, 3.63) is 251 Å². The number of hydrogen-bond donors (Lipinski definition) is 0. The van der Waals surface area contributed by atoms with Crippen molar-refractivity contribution in [3.63, 3.8) is 0 Å². The highest BCUT2D eigenvalue weighted by atomic mass is 32.2. The zero-order chi connectivity index (χ0) is 51.8. The average Bonchev–Trinajstić information content (AvgIpc) is 4.13. The number of aliphatic imine (C=N–C) groups is 2. The van der Waals surface area contributed by atoms with Crippen LogP contribution in [-0.4, -0.2) is 47.3 Å². The topological polar surface area (TPSA) is 97.2 Å². The molecule has 0 bridgehead atoms. The van der Waals surface area contributed by atoms with Gasteiger partial charge in [0.1, 0.15) is 33.4 Å². The maximum absolute atomic E-state index is 12.2. The quantitative estimate of drug-likeness (QED) is 0.0832. The van der Waals surface area contributed by atoms with Crippen LogP contribution >= 0.6 is 23.5 Å². The zero-order valence-electron chi connectivity index (χ0n) is 41.9. The van der Waals surface area contributed by atoms with Gasteiger partial charge in [-0.2, -0.15) is 10.5 Å². The zero-order valence-corrected chi connectivity index (χ0v) is 43.6. The Labute approximate surface area is 457 Å². The second-order valence-corrected chi connectivity index (χ2v) is 21.2. The van der Waals surface area contributed by atoms with Crippen molar-refractivity contribution in [2.45, 2.75) is 29.6 Å². The van der Waals surface area contributed by atoms with E-state index in [2.05, 4.69) is 182 Å². The number of fused-ring (bicyclic) bond motifs is 1. The fraction of sp³-hybridized carbons (Fsp3) is 0.0769. The molecule has 0 amide bonds. The molecule has 0 unspecified atom stereocenters. The van der Waals surface area contributed by atoms with Gasteiger partial charge in [-0.1, -0.05) is 210 Å². The summed E-state index contributed by atoms with van der Waals surface area (Å²) in [5, 5.41) is 29.7. The van der Waals surface area contributed by atoms with Gasteiger partial charge in [0.05, 0.1) is 17.1 Å². The number of allylic oxidation sites excluding steroid dienone is 2. The second-order valence-electron chi connectivity index (χ2n) is 19.2. The molecule has 365 valence electrons. The molecule has 4 heterocycles. The van der Waals surface area contributed by atoms with Gasteiger partial charge >= 0.3 is 6.85 Å². The molecule has 77 heavy (non-hydrogen) atoms. The van der Waals surface area contributed by atoms with E-state index in [-0.39, 0.29) is 13.2 Å². The fourth-order valence-corrected chi connectivity index (χ4v) is 13.2. The third-order valence-electron chi connectivity index (χ3n) is 14.5. The van der Waals surface area contributed by atoms with Crippen LogP contribution in [0.2, 0.25) is 0 Å². The molecule has 9 aromatic rings. The summed E-state index contributed by atoms with van der Waals surface area (Å²) < 4.78 is 11.6. The van der Waals surface area contributed by atoms with E-state index in [4.69, 9.17) is 19.5 Å². The van der Waals surface area contributed by atoms with Crippen LogP contribution in [0.4, 0.5) is 11.4 Å². The van der Waals surface area contributed by atoms with Gasteiger partial charge in [-0.05, 0) is 71.6 Å². The predicted octanol–water partition coefficient (Wildman–Crippen LogP) is 13.0. The van der Waals surface area contributed by atoms with E-state index >= 15 is 0 Å². The molecular weight excluding hydrogens is 983 g/mol. The number of ether oxygens (including phenoxy) is 2. The lowest BCUT2D eigenvalue weighted by atomic mass is 9.48. The van der Waals surface area contributed by atoms with Gasteiger partial charge in [0.25, 0.3) is 7.41 Å². The minimum absolute atomic E-state index is 0.175. The molecule has 0 N–H and O–H groups in total. The van der Waals surface area contributed by atoms with Crippen molar-refractivity contribution < 1.29 is 9.47 Å². The minimum Gasteiger partial charge on any atom is -0.454 e. The summed E-state index contributed by atoms with van der Waals surface area (Å²) >= 11 is 3.06. The van der Waals surface area contributed by atoms with Crippen LogP contribution in [0.3, 0.4) is 0 Å². The summed E-state index contributed by atoms with van der Waals surface area (Å²) in [5.74, 6) is 1.43. The van der Waals surface area contributed by atoms with E-state index in [0.717, 1.165) is 98.5 Å². The monoisotopic (exact) mass is 1030 g/mol. The van der Waals surface area contributed by atoms with Gasteiger partial charge in [0.15, 0.2) is 11.5 Å². The Hall–Kier alpha value is -8.93. The Balaban J connectivity index is 1.13. The lowest BCUT2D eigenvalue weighted by Gasteiger charge is -2.34. The van der Waals surface area contributed by atoms with Crippen molar-refractivity contribution >= 4 is 103 Å². The van der Waals surface area contributed by atoms with Gasteiger partial charge < -0.3 is 19.1 Å². The van der Waals surface area contributed by atoms with E-state index in [0.29, 0.717) is 45.6 Å². The van der Waals surface area contributed by atoms with Crippen molar-refractivity contribution in [3.8, 4) is 23.6 Å². The van der Waals surface area contributed by atoms with Crippen LogP contribution in [0.25, 0.3) is 27.2 Å². The molecule has 9 aromatic carbocycles. The number of nitriles is 2. The summed E-state index contributed by atoms with van der Waals surface area (Å²) in [6, 6.07) is 76.5. The molecule has 0 aromatic heterocycles. The molecule has 0 saturated carbocycles. The van der Waals surface area contributed by atoms with E-state index in [1.165, 1.54) is 23.5 Å². The third-order valence-corrected chi connectivity index (χ3v) is 16.6. The van der Waals surface area contributed by atoms with Gasteiger partial charge in [-0.25, -0.2) is 9.98 Å². The Morgan fingerprint density at radius 3 is 1.86 bits per heavy atom. The Kier molecular flexibility index (Phi) is 12.8. The highest BCUT2D eigenvalue weighted by molar-refractivity contribution is 8.15. The van der Waals surface area contributed by atoms with Crippen LogP contribution in [0, 0.1) is 29.6 Å². The van der Waals surface area contributed by atoms with Crippen LogP contribution in [0.5, 0.6) is 11.5 Å². The third kappa shape index (κ3) is 8.96. The largest absolute Gasteiger partial charge is 0.454 e. The number of hydrogen-bond acceptors (Lipinski definition) is 10. The molecule has 1 radical (unpaired) electrons. The molecule has 13 rings (SSSR count). The summed E-state index contributed by atoms with van der Waals surface area (Å²) in [7, 11) is 2.16. The normalized spacial score (nSPS) is 15.1. The number of rotatable bonds is 13. The van der Waals surface area contributed by atoms with Crippen molar-refractivity contribution in [2.24, 2.45) is 9.98 Å². The van der Waals surface area contributed by atoms with Gasteiger partial charge in [-0.15, -0.1) is 0 Å². The first-order chi connectivity index (χ1) is 38.0. The molecule has 0 fully saturated rings. The van der Waals surface area contributed by atoms with Crippen molar-refractivity contribution in [1.29, 1.82) is 10.5 Å².